The van der Waals surface area contributed by atoms with Gasteiger partial charge < -0.3 is 26.0 Å². The van der Waals surface area contributed by atoms with Crippen LogP contribution in [0.2, 0.25) is 0 Å². The van der Waals surface area contributed by atoms with Crippen molar-refractivity contribution >= 4 is 23.9 Å². The summed E-state index contributed by atoms with van der Waals surface area (Å²) in [6, 6.07) is 6.65. The molecule has 1 aromatic carbocycles. The quantitative estimate of drug-likeness (QED) is 0.364. The molecule has 1 aromatic rings. The highest BCUT2D eigenvalue weighted by Crippen LogP contribution is 2.43. The van der Waals surface area contributed by atoms with Gasteiger partial charge in [-0.1, -0.05) is 88.8 Å². The Hall–Kier alpha value is -2.87. The van der Waals surface area contributed by atoms with E-state index >= 15 is 0 Å². The first-order valence-electron chi connectivity index (χ1n) is 14.9. The average Bonchev–Trinajstić information content (AvgIpc) is 3.32. The van der Waals surface area contributed by atoms with Gasteiger partial charge in [0.25, 0.3) is 0 Å². The van der Waals surface area contributed by atoms with E-state index in [0.717, 1.165) is 44.9 Å². The molecule has 0 aromatic heterocycles. The second kappa shape index (κ2) is 13.5. The molecule has 1 heterocycles. The van der Waals surface area contributed by atoms with Gasteiger partial charge in [-0.2, -0.15) is 0 Å². The number of aliphatic hydroxyl groups excluding tert-OH is 1. The Bertz CT molecular complexity index is 1030. The molecule has 4 N–H and O–H groups in total. The highest BCUT2D eigenvalue weighted by atomic mass is 16.3. The molecule has 2 fully saturated rings. The van der Waals surface area contributed by atoms with Crippen LogP contribution in [0.5, 0.6) is 0 Å². The van der Waals surface area contributed by atoms with Crippen LogP contribution >= 0.6 is 0 Å². The van der Waals surface area contributed by atoms with Crippen molar-refractivity contribution < 1.29 is 19.5 Å². The van der Waals surface area contributed by atoms with Gasteiger partial charge in [-0.3, -0.25) is 9.59 Å². The summed E-state index contributed by atoms with van der Waals surface area (Å²) < 4.78 is 0. The van der Waals surface area contributed by atoms with Crippen LogP contribution in [0.25, 0.3) is 6.08 Å². The van der Waals surface area contributed by atoms with Gasteiger partial charge in [-0.05, 0) is 42.2 Å². The minimum absolute atomic E-state index is 0.0145. The van der Waals surface area contributed by atoms with Crippen LogP contribution in [0.1, 0.15) is 82.8 Å². The van der Waals surface area contributed by atoms with Crippen molar-refractivity contribution in [2.24, 2.45) is 11.8 Å². The summed E-state index contributed by atoms with van der Waals surface area (Å²) >= 11 is 0. The average molecular weight is 539 g/mol. The number of aliphatic hydroxyl groups is 1. The molecule has 39 heavy (non-hydrogen) atoms. The number of likely N-dealkylation sites (tertiary alicyclic amines) is 1. The van der Waals surface area contributed by atoms with Crippen LogP contribution in [0, 0.1) is 11.8 Å². The van der Waals surface area contributed by atoms with E-state index in [9.17, 15) is 14.4 Å². The third-order valence-electron chi connectivity index (χ3n) is 9.14. The molecule has 214 valence electrons. The molecular weight excluding hydrogens is 492 g/mol. The molecule has 8 nitrogen and oxygen atoms in total. The van der Waals surface area contributed by atoms with Crippen molar-refractivity contribution in [3.63, 3.8) is 0 Å². The molecule has 1 saturated carbocycles. The van der Waals surface area contributed by atoms with Crippen molar-refractivity contribution in [2.75, 3.05) is 26.2 Å². The van der Waals surface area contributed by atoms with E-state index < -0.39 is 18.1 Å². The standard InChI is InChI=1S/C31H46N4O4/c1-3-22(2)27(29(38)35-18-15-31(16-19-35)14-13-24-11-7-8-12-25(24)31)34-28(37)26(33-30(39)32-17-20-36)21-23-9-5-4-6-10-23/h7-8,11-14,22-23,26-27,36H,3-6,9-10,15-21H2,1-2H3,(H,34,37)(H2,32,33,39)/t22-,26-,27-/m0/s1. The predicted molar refractivity (Wildman–Crippen MR) is 153 cm³/mol. The molecule has 0 bridgehead atoms. The Morgan fingerprint density at radius 2 is 1.79 bits per heavy atom. The highest BCUT2D eigenvalue weighted by molar-refractivity contribution is 5.92. The minimum Gasteiger partial charge on any atom is -0.395 e. The summed E-state index contributed by atoms with van der Waals surface area (Å²) in [7, 11) is 0. The number of benzene rings is 1. The maximum absolute atomic E-state index is 13.8. The first-order valence-corrected chi connectivity index (χ1v) is 14.9. The van der Waals surface area contributed by atoms with Gasteiger partial charge in [0.05, 0.1) is 6.61 Å². The Morgan fingerprint density at radius 1 is 1.08 bits per heavy atom. The number of fused-ring (bicyclic) bond motifs is 2. The van der Waals surface area contributed by atoms with Gasteiger partial charge in [0.1, 0.15) is 12.1 Å². The molecule has 3 aliphatic rings. The van der Waals surface area contributed by atoms with Crippen LogP contribution in [0.3, 0.4) is 0 Å². The van der Waals surface area contributed by atoms with E-state index in [0.29, 0.717) is 25.4 Å². The van der Waals surface area contributed by atoms with Gasteiger partial charge in [-0.25, -0.2) is 4.79 Å². The van der Waals surface area contributed by atoms with Gasteiger partial charge >= 0.3 is 6.03 Å². The lowest BCUT2D eigenvalue weighted by Crippen LogP contribution is -2.58. The fraction of sp³-hybridized carbons (Fsp3) is 0.645. The Balaban J connectivity index is 1.42. The second-order valence-electron chi connectivity index (χ2n) is 11.7. The third kappa shape index (κ3) is 7.02. The van der Waals surface area contributed by atoms with Gasteiger partial charge in [0, 0.05) is 25.0 Å². The lowest BCUT2D eigenvalue weighted by molar-refractivity contribution is -0.139. The number of rotatable bonds is 10. The van der Waals surface area contributed by atoms with Crippen LogP contribution < -0.4 is 16.0 Å². The summed E-state index contributed by atoms with van der Waals surface area (Å²) in [6.45, 7) is 5.27. The van der Waals surface area contributed by atoms with Crippen LogP contribution in [0.15, 0.2) is 30.3 Å². The number of urea groups is 1. The first kappa shape index (κ1) is 29.1. The van der Waals surface area contributed by atoms with Crippen LogP contribution in [-0.2, 0) is 15.0 Å². The van der Waals surface area contributed by atoms with Gasteiger partial charge in [-0.15, -0.1) is 0 Å². The fourth-order valence-corrected chi connectivity index (χ4v) is 6.50. The second-order valence-corrected chi connectivity index (χ2v) is 11.7. The van der Waals surface area contributed by atoms with Crippen molar-refractivity contribution in [1.82, 2.24) is 20.9 Å². The molecule has 3 atom stereocenters. The molecule has 0 unspecified atom stereocenters. The van der Waals surface area contributed by atoms with Gasteiger partial charge in [0.15, 0.2) is 0 Å². The Kier molecular flexibility index (Phi) is 10.1. The lowest BCUT2D eigenvalue weighted by atomic mass is 9.74. The van der Waals surface area contributed by atoms with Gasteiger partial charge in [0.2, 0.25) is 11.8 Å². The Morgan fingerprint density at radius 3 is 2.49 bits per heavy atom. The number of hydrogen-bond acceptors (Lipinski definition) is 4. The monoisotopic (exact) mass is 538 g/mol. The number of amides is 4. The summed E-state index contributed by atoms with van der Waals surface area (Å²) in [4.78, 5) is 41.8. The number of carbonyl (C=O) groups excluding carboxylic acids is 3. The number of nitrogens with zero attached hydrogens (tertiary/aromatic N) is 1. The SMILES string of the molecule is CC[C@H](C)[C@H](NC(=O)[C@H](CC1CCCCC1)NC(=O)NCCO)C(=O)N1CCC2(C=Cc3ccccc32)CC1. The van der Waals surface area contributed by atoms with Crippen molar-refractivity contribution in [3.8, 4) is 0 Å². The smallest absolute Gasteiger partial charge is 0.315 e. The third-order valence-corrected chi connectivity index (χ3v) is 9.14. The van der Waals surface area contributed by atoms with E-state index in [4.69, 9.17) is 5.11 Å². The molecular formula is C31H46N4O4. The fourth-order valence-electron chi connectivity index (χ4n) is 6.50. The van der Waals surface area contributed by atoms with Crippen molar-refractivity contribution in [2.45, 2.75) is 89.1 Å². The predicted octanol–water partition coefficient (Wildman–Crippen LogP) is 3.74. The van der Waals surface area contributed by atoms with E-state index in [2.05, 4.69) is 52.4 Å². The summed E-state index contributed by atoms with van der Waals surface area (Å²) in [6.07, 6.45) is 13.1. The summed E-state index contributed by atoms with van der Waals surface area (Å²) in [5.74, 6) is -0.0162. The molecule has 1 spiro atoms. The molecule has 2 aliphatic carbocycles. The summed E-state index contributed by atoms with van der Waals surface area (Å²) in [5.41, 5.74) is 2.60. The topological polar surface area (TPSA) is 111 Å². The van der Waals surface area contributed by atoms with E-state index in [1.54, 1.807) is 0 Å². The van der Waals surface area contributed by atoms with Crippen LogP contribution in [0.4, 0.5) is 4.79 Å². The minimum atomic E-state index is -0.726. The molecule has 4 rings (SSSR count). The van der Waals surface area contributed by atoms with Crippen molar-refractivity contribution in [3.05, 3.63) is 41.5 Å². The number of nitrogens with one attached hydrogen (secondary N) is 3. The summed E-state index contributed by atoms with van der Waals surface area (Å²) in [5, 5.41) is 17.5. The number of hydrogen-bond donors (Lipinski definition) is 4. The lowest BCUT2D eigenvalue weighted by Gasteiger charge is -2.41. The highest BCUT2D eigenvalue weighted by Gasteiger charge is 2.41. The maximum Gasteiger partial charge on any atom is 0.315 e. The molecule has 4 amide bonds. The molecule has 1 aliphatic heterocycles. The Labute approximate surface area is 233 Å². The zero-order valence-electron chi connectivity index (χ0n) is 23.6. The first-order chi connectivity index (χ1) is 18.9. The largest absolute Gasteiger partial charge is 0.395 e. The zero-order valence-corrected chi connectivity index (χ0v) is 23.6. The molecule has 0 radical (unpaired) electrons. The van der Waals surface area contributed by atoms with E-state index in [-0.39, 0.29) is 36.3 Å². The van der Waals surface area contributed by atoms with E-state index in [1.165, 1.54) is 17.5 Å². The normalized spacial score (nSPS) is 20.6. The maximum atomic E-state index is 13.8. The number of allylic oxidation sites excluding steroid dienone is 1. The number of piperidine rings is 1. The molecule has 1 saturated heterocycles. The van der Waals surface area contributed by atoms with Crippen molar-refractivity contribution in [1.29, 1.82) is 0 Å². The van der Waals surface area contributed by atoms with E-state index in [1.807, 2.05) is 18.7 Å². The molecule has 8 heteroatoms. The zero-order chi connectivity index (χ0) is 27.8. The number of carbonyl (C=O) groups is 3. The van der Waals surface area contributed by atoms with Crippen LogP contribution in [-0.4, -0.2) is 66.2 Å².